The first-order chi connectivity index (χ1) is 18.4. The third kappa shape index (κ3) is 5.66. The highest BCUT2D eigenvalue weighted by Crippen LogP contribution is 2.33. The highest BCUT2D eigenvalue weighted by molar-refractivity contribution is 5.46. The zero-order chi connectivity index (χ0) is 26.5. The van der Waals surface area contributed by atoms with E-state index in [2.05, 4.69) is 24.9 Å². The van der Waals surface area contributed by atoms with Crippen molar-refractivity contribution in [2.75, 3.05) is 31.1 Å². The maximum Gasteiger partial charge on any atom is 0.213 e. The van der Waals surface area contributed by atoms with Gasteiger partial charge in [0, 0.05) is 49.9 Å². The van der Waals surface area contributed by atoms with Gasteiger partial charge in [-0.3, -0.25) is 4.90 Å². The van der Waals surface area contributed by atoms with Crippen molar-refractivity contribution in [3.8, 4) is 5.88 Å². The number of aromatic nitrogens is 4. The molecule has 198 valence electrons. The van der Waals surface area contributed by atoms with Crippen LogP contribution in [0.5, 0.6) is 5.88 Å². The van der Waals surface area contributed by atoms with Crippen molar-refractivity contribution in [3.05, 3.63) is 102 Å². The van der Waals surface area contributed by atoms with Crippen LogP contribution in [0.3, 0.4) is 0 Å². The first-order valence-corrected chi connectivity index (χ1v) is 12.5. The number of hydrogen-bond donors (Lipinski definition) is 1. The molecule has 5 rings (SSSR count). The third-order valence-corrected chi connectivity index (χ3v) is 7.14. The largest absolute Gasteiger partial charge is 0.473 e. The molecular formula is C28H30F2N6O2. The smallest absolute Gasteiger partial charge is 0.213 e. The molecule has 2 unspecified atom stereocenters. The Hall–Kier alpha value is -3.89. The molecule has 3 heterocycles. The van der Waals surface area contributed by atoms with Gasteiger partial charge in [0.2, 0.25) is 5.88 Å². The minimum atomic E-state index is -1.66. The minimum absolute atomic E-state index is 0.0225. The first kappa shape index (κ1) is 25.7. The Labute approximate surface area is 220 Å². The minimum Gasteiger partial charge on any atom is -0.473 e. The second-order valence-electron chi connectivity index (χ2n) is 9.47. The van der Waals surface area contributed by atoms with Crippen LogP contribution in [-0.2, 0) is 18.8 Å². The SMILES string of the molecule is CC(N1CCN(c2ccc(OCc3ccccc3)nc2)CC1)C(O)(Cn1cncn1)c1ccc(F)cc1F. The van der Waals surface area contributed by atoms with Gasteiger partial charge in [-0.2, -0.15) is 5.10 Å². The lowest BCUT2D eigenvalue weighted by Gasteiger charge is -2.45. The van der Waals surface area contributed by atoms with Crippen molar-refractivity contribution in [3.63, 3.8) is 0 Å². The van der Waals surface area contributed by atoms with Gasteiger partial charge in [0.15, 0.2) is 0 Å². The average molecular weight is 521 g/mol. The van der Waals surface area contributed by atoms with Gasteiger partial charge in [-0.25, -0.2) is 23.4 Å². The Morgan fingerprint density at radius 2 is 1.82 bits per heavy atom. The van der Waals surface area contributed by atoms with E-state index < -0.39 is 23.3 Å². The fraction of sp³-hybridized carbons (Fsp3) is 0.321. The summed E-state index contributed by atoms with van der Waals surface area (Å²) in [4.78, 5) is 12.7. The van der Waals surface area contributed by atoms with Gasteiger partial charge in [-0.15, -0.1) is 0 Å². The Kier molecular flexibility index (Phi) is 7.62. The van der Waals surface area contributed by atoms with Crippen molar-refractivity contribution in [2.24, 2.45) is 0 Å². The zero-order valence-corrected chi connectivity index (χ0v) is 21.1. The number of pyridine rings is 1. The van der Waals surface area contributed by atoms with Gasteiger partial charge in [-0.1, -0.05) is 36.4 Å². The first-order valence-electron chi connectivity index (χ1n) is 12.5. The number of aliphatic hydroxyl groups is 1. The van der Waals surface area contributed by atoms with Crippen LogP contribution in [0.1, 0.15) is 18.1 Å². The van der Waals surface area contributed by atoms with Crippen LogP contribution >= 0.6 is 0 Å². The predicted octanol–water partition coefficient (Wildman–Crippen LogP) is 3.63. The van der Waals surface area contributed by atoms with E-state index in [1.807, 2.05) is 49.4 Å². The van der Waals surface area contributed by atoms with E-state index >= 15 is 0 Å². The molecule has 2 aromatic carbocycles. The van der Waals surface area contributed by atoms with Gasteiger partial charge in [0.1, 0.15) is 36.5 Å². The van der Waals surface area contributed by atoms with E-state index in [-0.39, 0.29) is 12.1 Å². The van der Waals surface area contributed by atoms with Gasteiger partial charge < -0.3 is 14.7 Å². The van der Waals surface area contributed by atoms with Gasteiger partial charge in [-0.05, 0) is 24.6 Å². The number of nitrogens with zero attached hydrogens (tertiary/aromatic N) is 6. The Morgan fingerprint density at radius 1 is 1.03 bits per heavy atom. The maximum atomic E-state index is 14.9. The van der Waals surface area contributed by atoms with Crippen LogP contribution in [0.15, 0.2) is 79.5 Å². The lowest BCUT2D eigenvalue weighted by molar-refractivity contribution is -0.0650. The highest BCUT2D eigenvalue weighted by atomic mass is 19.1. The summed E-state index contributed by atoms with van der Waals surface area (Å²) in [5.74, 6) is -0.927. The normalized spacial score (nSPS) is 16.7. The summed E-state index contributed by atoms with van der Waals surface area (Å²) in [6.07, 6.45) is 4.63. The zero-order valence-electron chi connectivity index (χ0n) is 21.1. The molecule has 0 spiro atoms. The number of ether oxygens (including phenoxy) is 1. The van der Waals surface area contributed by atoms with Crippen LogP contribution in [-0.4, -0.2) is 62.0 Å². The van der Waals surface area contributed by atoms with Crippen LogP contribution < -0.4 is 9.64 Å². The number of hydrogen-bond acceptors (Lipinski definition) is 7. The molecule has 2 aromatic heterocycles. The standard InChI is InChI=1S/C28H30F2N6O2/c1-21(28(37,18-36-20-31-19-33-36)25-9-7-23(29)15-26(25)30)34-11-13-35(14-12-34)24-8-10-27(32-16-24)38-17-22-5-3-2-4-6-22/h2-10,15-16,19-21,37H,11-14,17-18H2,1H3. The van der Waals surface area contributed by atoms with Crippen molar-refractivity contribution in [2.45, 2.75) is 31.7 Å². The molecule has 1 N–H and O–H groups in total. The molecule has 10 heteroatoms. The fourth-order valence-corrected chi connectivity index (χ4v) is 4.89. The quantitative estimate of drug-likeness (QED) is 0.361. The van der Waals surface area contributed by atoms with E-state index in [0.29, 0.717) is 38.7 Å². The molecule has 1 aliphatic rings. The van der Waals surface area contributed by atoms with Crippen LogP contribution in [0.4, 0.5) is 14.5 Å². The summed E-state index contributed by atoms with van der Waals surface area (Å²) in [6, 6.07) is 16.6. The average Bonchev–Trinajstić information content (AvgIpc) is 3.45. The van der Waals surface area contributed by atoms with Gasteiger partial charge in [0.25, 0.3) is 0 Å². The molecule has 2 atom stereocenters. The second kappa shape index (κ2) is 11.2. The molecule has 0 radical (unpaired) electrons. The lowest BCUT2D eigenvalue weighted by atomic mass is 9.85. The Bertz CT molecular complexity index is 1320. The summed E-state index contributed by atoms with van der Waals surface area (Å²) in [5, 5.41) is 16.0. The van der Waals surface area contributed by atoms with Crippen molar-refractivity contribution < 1.29 is 18.6 Å². The van der Waals surface area contributed by atoms with E-state index in [1.54, 1.807) is 6.20 Å². The van der Waals surface area contributed by atoms with E-state index in [0.717, 1.165) is 23.4 Å². The number of rotatable bonds is 9. The van der Waals surface area contributed by atoms with E-state index in [1.165, 1.54) is 23.4 Å². The molecule has 0 saturated carbocycles. The summed E-state index contributed by atoms with van der Waals surface area (Å²) < 4.78 is 35.8. The Morgan fingerprint density at radius 3 is 2.47 bits per heavy atom. The summed E-state index contributed by atoms with van der Waals surface area (Å²) in [6.45, 7) is 4.95. The topological polar surface area (TPSA) is 79.5 Å². The number of piperazine rings is 1. The maximum absolute atomic E-state index is 14.9. The van der Waals surface area contributed by atoms with Crippen LogP contribution in [0.25, 0.3) is 0 Å². The third-order valence-electron chi connectivity index (χ3n) is 7.14. The molecule has 1 fully saturated rings. The van der Waals surface area contributed by atoms with Crippen molar-refractivity contribution in [1.82, 2.24) is 24.6 Å². The predicted molar refractivity (Wildman–Crippen MR) is 139 cm³/mol. The van der Waals surface area contributed by atoms with Gasteiger partial charge >= 0.3 is 0 Å². The number of halogens is 2. The van der Waals surface area contributed by atoms with Crippen molar-refractivity contribution >= 4 is 5.69 Å². The second-order valence-corrected chi connectivity index (χ2v) is 9.47. The summed E-state index contributed by atoms with van der Waals surface area (Å²) in [5.41, 5.74) is 0.423. The summed E-state index contributed by atoms with van der Waals surface area (Å²) >= 11 is 0. The molecule has 1 aliphatic heterocycles. The summed E-state index contributed by atoms with van der Waals surface area (Å²) in [7, 11) is 0. The molecule has 8 nitrogen and oxygen atoms in total. The van der Waals surface area contributed by atoms with Crippen molar-refractivity contribution in [1.29, 1.82) is 0 Å². The molecule has 0 bridgehead atoms. The van der Waals surface area contributed by atoms with Crippen LogP contribution in [0, 0.1) is 11.6 Å². The number of benzene rings is 2. The van der Waals surface area contributed by atoms with E-state index in [4.69, 9.17) is 4.74 Å². The molecule has 4 aromatic rings. The van der Waals surface area contributed by atoms with E-state index in [9.17, 15) is 13.9 Å². The fourth-order valence-electron chi connectivity index (χ4n) is 4.89. The van der Waals surface area contributed by atoms with Gasteiger partial charge in [0.05, 0.1) is 18.4 Å². The molecule has 0 amide bonds. The monoisotopic (exact) mass is 520 g/mol. The highest BCUT2D eigenvalue weighted by Gasteiger charge is 2.42. The Balaban J connectivity index is 1.24. The molecule has 0 aliphatic carbocycles. The lowest BCUT2D eigenvalue weighted by Crippen LogP contribution is -2.57. The van der Waals surface area contributed by atoms with Crippen LogP contribution in [0.2, 0.25) is 0 Å². The molecule has 38 heavy (non-hydrogen) atoms. The molecular weight excluding hydrogens is 490 g/mol. The number of anilines is 1. The molecule has 1 saturated heterocycles.